The largest absolute Gasteiger partial charge is 0.493 e. The molecule has 6 nitrogen and oxygen atoms in total. The molecule has 3 rings (SSSR count). The zero-order valence-corrected chi connectivity index (χ0v) is 20.9. The van der Waals surface area contributed by atoms with Crippen LogP contribution in [0.3, 0.4) is 0 Å². The van der Waals surface area contributed by atoms with Crippen LogP contribution in [0.5, 0.6) is 11.5 Å². The lowest BCUT2D eigenvalue weighted by Gasteiger charge is -2.31. The van der Waals surface area contributed by atoms with Crippen LogP contribution in [0.2, 0.25) is 0 Å². The van der Waals surface area contributed by atoms with Gasteiger partial charge in [0, 0.05) is 19.0 Å². The quantitative estimate of drug-likeness (QED) is 0.546. The van der Waals surface area contributed by atoms with E-state index in [0.717, 1.165) is 42.4 Å². The van der Waals surface area contributed by atoms with Gasteiger partial charge in [-0.1, -0.05) is 55.2 Å². The molecule has 0 saturated heterocycles. The van der Waals surface area contributed by atoms with Crippen LogP contribution in [-0.2, 0) is 22.6 Å². The molecular formula is C28H38N2O4. The zero-order valence-electron chi connectivity index (χ0n) is 20.9. The molecule has 2 aromatic carbocycles. The van der Waals surface area contributed by atoms with Gasteiger partial charge in [0.05, 0.1) is 14.2 Å². The van der Waals surface area contributed by atoms with Crippen molar-refractivity contribution in [3.05, 3.63) is 59.2 Å². The highest BCUT2D eigenvalue weighted by Gasteiger charge is 2.28. The third kappa shape index (κ3) is 6.99. The molecule has 0 aromatic heterocycles. The first-order valence-electron chi connectivity index (χ1n) is 12.3. The van der Waals surface area contributed by atoms with E-state index in [9.17, 15) is 9.59 Å². The summed E-state index contributed by atoms with van der Waals surface area (Å²) in [4.78, 5) is 28.2. The zero-order chi connectivity index (χ0) is 24.5. The van der Waals surface area contributed by atoms with Crippen molar-refractivity contribution >= 4 is 11.8 Å². The fourth-order valence-electron chi connectivity index (χ4n) is 4.47. The van der Waals surface area contributed by atoms with Crippen molar-refractivity contribution in [2.45, 2.75) is 77.4 Å². The van der Waals surface area contributed by atoms with Gasteiger partial charge < -0.3 is 19.7 Å². The van der Waals surface area contributed by atoms with Crippen LogP contribution in [0.1, 0.15) is 62.1 Å². The Kier molecular flexibility index (Phi) is 9.37. The number of carbonyl (C=O) groups excluding carboxylic acids is 2. The Hall–Kier alpha value is -3.02. The molecule has 1 N–H and O–H groups in total. The normalized spacial score (nSPS) is 14.8. The van der Waals surface area contributed by atoms with Crippen LogP contribution in [0.4, 0.5) is 0 Å². The summed E-state index contributed by atoms with van der Waals surface area (Å²) in [5, 5.41) is 3.19. The van der Waals surface area contributed by atoms with Crippen molar-refractivity contribution in [3.63, 3.8) is 0 Å². The van der Waals surface area contributed by atoms with Crippen LogP contribution >= 0.6 is 0 Å². The Balaban J connectivity index is 1.71. The summed E-state index contributed by atoms with van der Waals surface area (Å²) in [6.07, 6.45) is 6.43. The first kappa shape index (κ1) is 25.6. The molecule has 1 saturated carbocycles. The van der Waals surface area contributed by atoms with Crippen molar-refractivity contribution < 1.29 is 19.1 Å². The molecule has 1 atom stereocenters. The van der Waals surface area contributed by atoms with E-state index in [1.54, 1.807) is 19.1 Å². The molecule has 0 radical (unpaired) electrons. The van der Waals surface area contributed by atoms with Crippen molar-refractivity contribution in [2.24, 2.45) is 0 Å². The maximum absolute atomic E-state index is 13.4. The second kappa shape index (κ2) is 12.4. The van der Waals surface area contributed by atoms with Gasteiger partial charge in [-0.3, -0.25) is 9.59 Å². The van der Waals surface area contributed by atoms with E-state index in [0.29, 0.717) is 30.9 Å². The fraction of sp³-hybridized carbons (Fsp3) is 0.500. The van der Waals surface area contributed by atoms with Gasteiger partial charge in [0.1, 0.15) is 6.04 Å². The van der Waals surface area contributed by atoms with Crippen molar-refractivity contribution in [2.75, 3.05) is 14.2 Å². The van der Waals surface area contributed by atoms with Gasteiger partial charge in [-0.15, -0.1) is 0 Å². The van der Waals surface area contributed by atoms with E-state index < -0.39 is 6.04 Å². The van der Waals surface area contributed by atoms with Gasteiger partial charge in [0.25, 0.3) is 0 Å². The molecule has 1 aliphatic rings. The Labute approximate surface area is 203 Å². The Morgan fingerprint density at radius 3 is 2.26 bits per heavy atom. The molecule has 0 spiro atoms. The van der Waals surface area contributed by atoms with Gasteiger partial charge in [-0.25, -0.2) is 0 Å². The minimum Gasteiger partial charge on any atom is -0.493 e. The Morgan fingerprint density at radius 1 is 0.971 bits per heavy atom. The second-order valence-corrected chi connectivity index (χ2v) is 9.22. The lowest BCUT2D eigenvalue weighted by atomic mass is 9.95. The number of methoxy groups -OCH3 is 2. The SMILES string of the molecule is COc1ccc(CCC(=O)N(Cc2ccc(C)cc2)[C@@H](C)C(=O)NC2CCCCC2)cc1OC. The second-order valence-electron chi connectivity index (χ2n) is 9.22. The topological polar surface area (TPSA) is 67.9 Å². The number of hydrogen-bond acceptors (Lipinski definition) is 4. The predicted molar refractivity (Wildman–Crippen MR) is 134 cm³/mol. The molecule has 1 fully saturated rings. The van der Waals surface area contributed by atoms with Crippen molar-refractivity contribution in [3.8, 4) is 11.5 Å². The molecule has 184 valence electrons. The molecule has 2 aromatic rings. The van der Waals surface area contributed by atoms with Crippen LogP contribution < -0.4 is 14.8 Å². The highest BCUT2D eigenvalue weighted by molar-refractivity contribution is 5.87. The number of ether oxygens (including phenoxy) is 2. The number of aryl methyl sites for hydroxylation is 2. The number of amides is 2. The summed E-state index contributed by atoms with van der Waals surface area (Å²) in [5.41, 5.74) is 3.17. The highest BCUT2D eigenvalue weighted by Crippen LogP contribution is 2.28. The number of nitrogens with one attached hydrogen (secondary N) is 1. The molecule has 34 heavy (non-hydrogen) atoms. The average Bonchev–Trinajstić information content (AvgIpc) is 2.86. The monoisotopic (exact) mass is 466 g/mol. The fourth-order valence-corrected chi connectivity index (χ4v) is 4.47. The molecular weight excluding hydrogens is 428 g/mol. The first-order chi connectivity index (χ1) is 16.4. The van der Waals surface area contributed by atoms with Gasteiger partial charge >= 0.3 is 0 Å². The van der Waals surface area contributed by atoms with Gasteiger partial charge in [0.2, 0.25) is 11.8 Å². The van der Waals surface area contributed by atoms with E-state index in [4.69, 9.17) is 9.47 Å². The Morgan fingerprint density at radius 2 is 1.62 bits per heavy atom. The van der Waals surface area contributed by atoms with E-state index in [2.05, 4.69) is 5.32 Å². The summed E-state index contributed by atoms with van der Waals surface area (Å²) in [6.45, 7) is 4.28. The van der Waals surface area contributed by atoms with Crippen molar-refractivity contribution in [1.29, 1.82) is 0 Å². The lowest BCUT2D eigenvalue weighted by Crippen LogP contribution is -2.50. The minimum absolute atomic E-state index is 0.0401. The molecule has 2 amide bonds. The lowest BCUT2D eigenvalue weighted by molar-refractivity contribution is -0.141. The minimum atomic E-state index is -0.541. The summed E-state index contributed by atoms with van der Waals surface area (Å²) in [5.74, 6) is 1.19. The first-order valence-corrected chi connectivity index (χ1v) is 12.3. The molecule has 0 heterocycles. The third-order valence-electron chi connectivity index (χ3n) is 6.67. The number of hydrogen-bond donors (Lipinski definition) is 1. The average molecular weight is 467 g/mol. The van der Waals surface area contributed by atoms with E-state index in [1.807, 2.05) is 56.3 Å². The summed E-state index contributed by atoms with van der Waals surface area (Å²) in [7, 11) is 3.20. The summed E-state index contributed by atoms with van der Waals surface area (Å²) < 4.78 is 10.7. The van der Waals surface area contributed by atoms with Gasteiger partial charge in [0.15, 0.2) is 11.5 Å². The molecule has 6 heteroatoms. The number of benzene rings is 2. The van der Waals surface area contributed by atoms with Gasteiger partial charge in [-0.05, 0) is 56.4 Å². The van der Waals surface area contributed by atoms with E-state index in [-0.39, 0.29) is 17.9 Å². The maximum Gasteiger partial charge on any atom is 0.242 e. The van der Waals surface area contributed by atoms with Crippen molar-refractivity contribution in [1.82, 2.24) is 10.2 Å². The molecule has 0 bridgehead atoms. The third-order valence-corrected chi connectivity index (χ3v) is 6.67. The predicted octanol–water partition coefficient (Wildman–Crippen LogP) is 4.81. The molecule has 1 aliphatic carbocycles. The van der Waals surface area contributed by atoms with Crippen LogP contribution in [0.25, 0.3) is 0 Å². The van der Waals surface area contributed by atoms with Crippen LogP contribution in [0.15, 0.2) is 42.5 Å². The Bertz CT molecular complexity index is 951. The molecule has 0 aliphatic heterocycles. The number of carbonyl (C=O) groups is 2. The summed E-state index contributed by atoms with van der Waals surface area (Å²) >= 11 is 0. The highest BCUT2D eigenvalue weighted by atomic mass is 16.5. The number of nitrogens with zero attached hydrogens (tertiary/aromatic N) is 1. The van der Waals surface area contributed by atoms with Crippen LogP contribution in [-0.4, -0.2) is 43.0 Å². The molecule has 0 unspecified atom stereocenters. The van der Waals surface area contributed by atoms with Gasteiger partial charge in [-0.2, -0.15) is 0 Å². The number of rotatable bonds is 10. The standard InChI is InChI=1S/C28H38N2O4/c1-20-10-12-23(13-11-20)19-30(21(2)28(32)29-24-8-6-5-7-9-24)27(31)17-15-22-14-16-25(33-3)26(18-22)34-4/h10-14,16,18,21,24H,5-9,15,17,19H2,1-4H3,(H,29,32)/t21-/m0/s1. The smallest absolute Gasteiger partial charge is 0.242 e. The maximum atomic E-state index is 13.4. The van der Waals surface area contributed by atoms with E-state index >= 15 is 0 Å². The van der Waals surface area contributed by atoms with E-state index in [1.165, 1.54) is 6.42 Å². The van der Waals surface area contributed by atoms with Crippen LogP contribution in [0, 0.1) is 6.92 Å². The summed E-state index contributed by atoms with van der Waals surface area (Å²) in [6, 6.07) is 13.5.